The van der Waals surface area contributed by atoms with Gasteiger partial charge in [-0.2, -0.15) is 0 Å². The molecule has 2 rings (SSSR count). The summed E-state index contributed by atoms with van der Waals surface area (Å²) >= 11 is 0. The fourth-order valence-corrected chi connectivity index (χ4v) is 3.57. The van der Waals surface area contributed by atoms with Crippen LogP contribution in [0.2, 0.25) is 0 Å². The van der Waals surface area contributed by atoms with Crippen LogP contribution in [0.5, 0.6) is 0 Å². The summed E-state index contributed by atoms with van der Waals surface area (Å²) in [6.07, 6.45) is 7.04. The monoisotopic (exact) mass is 281 g/mol. The second-order valence-corrected chi connectivity index (χ2v) is 6.70. The largest absolute Gasteiger partial charge is 0.303 e. The van der Waals surface area contributed by atoms with Crippen molar-refractivity contribution in [1.29, 1.82) is 0 Å². The Balaban J connectivity index is 1.55. The second kappa shape index (κ2) is 9.01. The molecule has 0 aromatic rings. The van der Waals surface area contributed by atoms with Crippen LogP contribution in [0.15, 0.2) is 0 Å². The molecule has 2 aliphatic heterocycles. The third kappa shape index (κ3) is 5.34. The highest BCUT2D eigenvalue weighted by Crippen LogP contribution is 2.21. The molecule has 0 unspecified atom stereocenters. The number of likely N-dealkylation sites (tertiary alicyclic amines) is 1. The lowest BCUT2D eigenvalue weighted by Crippen LogP contribution is -2.46. The lowest BCUT2D eigenvalue weighted by molar-refractivity contribution is 0.119. The SMILES string of the molecule is CCCCN1CCC(CCN2CCN(CC)CC2)CC1. The maximum Gasteiger partial charge on any atom is 0.0110 e. The molecule has 0 atom stereocenters. The number of likely N-dealkylation sites (N-methyl/N-ethyl adjacent to an activating group) is 1. The quantitative estimate of drug-likeness (QED) is 0.710. The number of nitrogens with zero attached hydrogens (tertiary/aromatic N) is 3. The molecule has 2 aliphatic rings. The predicted molar refractivity (Wildman–Crippen MR) is 87.2 cm³/mol. The van der Waals surface area contributed by atoms with Crippen molar-refractivity contribution in [3.8, 4) is 0 Å². The molecule has 20 heavy (non-hydrogen) atoms. The summed E-state index contributed by atoms with van der Waals surface area (Å²) < 4.78 is 0. The van der Waals surface area contributed by atoms with E-state index in [9.17, 15) is 0 Å². The summed E-state index contributed by atoms with van der Waals surface area (Å²) in [6.45, 7) is 16.4. The third-order valence-electron chi connectivity index (χ3n) is 5.30. The maximum atomic E-state index is 2.69. The van der Waals surface area contributed by atoms with Gasteiger partial charge in [0.15, 0.2) is 0 Å². The number of hydrogen-bond acceptors (Lipinski definition) is 3. The topological polar surface area (TPSA) is 9.72 Å². The first kappa shape index (κ1) is 16.3. The molecule has 3 nitrogen and oxygen atoms in total. The molecule has 0 spiro atoms. The van der Waals surface area contributed by atoms with Crippen LogP contribution in [0.4, 0.5) is 0 Å². The minimum absolute atomic E-state index is 0.997. The molecule has 118 valence electrons. The zero-order valence-electron chi connectivity index (χ0n) is 13.8. The number of hydrogen-bond donors (Lipinski definition) is 0. The van der Waals surface area contributed by atoms with E-state index in [1.807, 2.05) is 0 Å². The first-order valence-electron chi connectivity index (χ1n) is 8.99. The average molecular weight is 281 g/mol. The maximum absolute atomic E-state index is 2.69. The van der Waals surface area contributed by atoms with Gasteiger partial charge < -0.3 is 14.7 Å². The number of unbranched alkanes of at least 4 members (excludes halogenated alkanes) is 1. The molecule has 0 radical (unpaired) electrons. The molecule has 2 fully saturated rings. The van der Waals surface area contributed by atoms with Crippen LogP contribution < -0.4 is 0 Å². The first-order valence-corrected chi connectivity index (χ1v) is 8.99. The van der Waals surface area contributed by atoms with Gasteiger partial charge in [0.05, 0.1) is 0 Å². The van der Waals surface area contributed by atoms with Crippen LogP contribution in [0.1, 0.15) is 46.0 Å². The van der Waals surface area contributed by atoms with Crippen LogP contribution in [-0.4, -0.2) is 73.6 Å². The zero-order valence-corrected chi connectivity index (χ0v) is 13.8. The Kier molecular flexibility index (Phi) is 7.32. The summed E-state index contributed by atoms with van der Waals surface area (Å²) in [7, 11) is 0. The molecule has 2 heterocycles. The summed E-state index contributed by atoms with van der Waals surface area (Å²) in [6, 6.07) is 0. The van der Waals surface area contributed by atoms with Gasteiger partial charge in [-0.1, -0.05) is 20.3 Å². The van der Waals surface area contributed by atoms with Gasteiger partial charge in [-0.3, -0.25) is 0 Å². The Morgan fingerprint density at radius 3 is 1.95 bits per heavy atom. The molecule has 0 aromatic heterocycles. The molecule has 0 bridgehead atoms. The van der Waals surface area contributed by atoms with Crippen LogP contribution in [0, 0.1) is 5.92 Å². The van der Waals surface area contributed by atoms with Crippen LogP contribution in [0.3, 0.4) is 0 Å². The van der Waals surface area contributed by atoms with Crippen LogP contribution in [0.25, 0.3) is 0 Å². The van der Waals surface area contributed by atoms with Crippen molar-refractivity contribution in [1.82, 2.24) is 14.7 Å². The lowest BCUT2D eigenvalue weighted by Gasteiger charge is -2.36. The smallest absolute Gasteiger partial charge is 0.0110 e. The molecule has 0 N–H and O–H groups in total. The highest BCUT2D eigenvalue weighted by Gasteiger charge is 2.21. The molecule has 0 saturated carbocycles. The highest BCUT2D eigenvalue weighted by atomic mass is 15.3. The van der Waals surface area contributed by atoms with Crippen molar-refractivity contribution in [2.45, 2.75) is 46.0 Å². The van der Waals surface area contributed by atoms with Gasteiger partial charge in [0, 0.05) is 26.2 Å². The van der Waals surface area contributed by atoms with E-state index in [0.29, 0.717) is 0 Å². The zero-order chi connectivity index (χ0) is 14.2. The molecule has 0 aromatic carbocycles. The fourth-order valence-electron chi connectivity index (χ4n) is 3.57. The molecular weight excluding hydrogens is 246 g/mol. The number of piperazine rings is 1. The van der Waals surface area contributed by atoms with Crippen molar-refractivity contribution in [2.24, 2.45) is 5.92 Å². The molecule has 2 saturated heterocycles. The van der Waals surface area contributed by atoms with Crippen molar-refractivity contribution in [3.63, 3.8) is 0 Å². The van der Waals surface area contributed by atoms with Gasteiger partial charge in [-0.25, -0.2) is 0 Å². The fraction of sp³-hybridized carbons (Fsp3) is 1.00. The summed E-state index contributed by atoms with van der Waals surface area (Å²) in [5.74, 6) is 0.997. The Bertz CT molecular complexity index is 241. The Morgan fingerprint density at radius 2 is 1.35 bits per heavy atom. The normalized spacial score (nSPS) is 24.3. The molecular formula is C17H35N3. The van der Waals surface area contributed by atoms with Crippen molar-refractivity contribution >= 4 is 0 Å². The highest BCUT2D eigenvalue weighted by molar-refractivity contribution is 4.76. The summed E-state index contributed by atoms with van der Waals surface area (Å²) in [5, 5.41) is 0. The van der Waals surface area contributed by atoms with E-state index in [0.717, 1.165) is 5.92 Å². The second-order valence-electron chi connectivity index (χ2n) is 6.70. The molecule has 0 aliphatic carbocycles. The lowest BCUT2D eigenvalue weighted by atomic mass is 9.93. The minimum Gasteiger partial charge on any atom is -0.303 e. The van der Waals surface area contributed by atoms with Gasteiger partial charge >= 0.3 is 0 Å². The van der Waals surface area contributed by atoms with Crippen LogP contribution >= 0.6 is 0 Å². The van der Waals surface area contributed by atoms with E-state index < -0.39 is 0 Å². The average Bonchev–Trinajstić information content (AvgIpc) is 2.52. The van der Waals surface area contributed by atoms with E-state index in [1.165, 1.54) is 91.0 Å². The van der Waals surface area contributed by atoms with E-state index in [4.69, 9.17) is 0 Å². The van der Waals surface area contributed by atoms with Crippen molar-refractivity contribution in [2.75, 3.05) is 58.9 Å². The van der Waals surface area contributed by atoms with Gasteiger partial charge in [-0.05, 0) is 64.3 Å². The van der Waals surface area contributed by atoms with Crippen molar-refractivity contribution in [3.05, 3.63) is 0 Å². The Hall–Kier alpha value is -0.120. The van der Waals surface area contributed by atoms with Gasteiger partial charge in [0.25, 0.3) is 0 Å². The van der Waals surface area contributed by atoms with Gasteiger partial charge in [-0.15, -0.1) is 0 Å². The van der Waals surface area contributed by atoms with Gasteiger partial charge in [0.2, 0.25) is 0 Å². The number of piperidine rings is 1. The summed E-state index contributed by atoms with van der Waals surface area (Å²) in [5.41, 5.74) is 0. The molecule has 3 heteroatoms. The van der Waals surface area contributed by atoms with E-state index in [1.54, 1.807) is 0 Å². The van der Waals surface area contributed by atoms with E-state index >= 15 is 0 Å². The van der Waals surface area contributed by atoms with Crippen molar-refractivity contribution < 1.29 is 0 Å². The minimum atomic E-state index is 0.997. The van der Waals surface area contributed by atoms with E-state index in [-0.39, 0.29) is 0 Å². The van der Waals surface area contributed by atoms with E-state index in [2.05, 4.69) is 28.5 Å². The Morgan fingerprint density at radius 1 is 0.750 bits per heavy atom. The first-order chi connectivity index (χ1) is 9.81. The number of rotatable bonds is 7. The molecule has 0 amide bonds. The Labute approximate surface area is 126 Å². The van der Waals surface area contributed by atoms with Gasteiger partial charge in [0.1, 0.15) is 0 Å². The van der Waals surface area contributed by atoms with Crippen LogP contribution in [-0.2, 0) is 0 Å². The summed E-state index contributed by atoms with van der Waals surface area (Å²) in [4.78, 5) is 7.94. The predicted octanol–water partition coefficient (Wildman–Crippen LogP) is 2.53. The standard InChI is InChI=1S/C17H35N3/c1-3-5-9-19-10-6-17(7-11-19)8-12-20-15-13-18(4-2)14-16-20/h17H,3-16H2,1-2H3. The third-order valence-corrected chi connectivity index (χ3v) is 5.30.